The molecule has 0 saturated heterocycles. The van der Waals surface area contributed by atoms with Crippen molar-refractivity contribution >= 4 is 30.2 Å². The summed E-state index contributed by atoms with van der Waals surface area (Å²) in [6.07, 6.45) is -0.583. The number of carbonyl (C=O) groups is 1. The van der Waals surface area contributed by atoms with Gasteiger partial charge in [0.05, 0.1) is 6.42 Å². The highest BCUT2D eigenvalue weighted by molar-refractivity contribution is 7.66. The molecule has 15 heavy (non-hydrogen) atoms. The van der Waals surface area contributed by atoms with Gasteiger partial charge >= 0.3 is 5.97 Å². The second-order valence-electron chi connectivity index (χ2n) is 3.05. The zero-order valence-corrected chi connectivity index (χ0v) is 9.41. The first kappa shape index (κ1) is 12.2. The molecule has 1 aromatic carbocycles. The molecule has 1 atom stereocenters. The van der Waals surface area contributed by atoms with Crippen LogP contribution in [0.15, 0.2) is 24.3 Å². The maximum absolute atomic E-state index is 11.7. The Balaban J connectivity index is 2.81. The van der Waals surface area contributed by atoms with Crippen LogP contribution in [-0.2, 0) is 9.36 Å². The predicted molar refractivity (Wildman–Crippen MR) is 58.0 cm³/mol. The Kier molecular flexibility index (Phi) is 3.91. The lowest BCUT2D eigenvalue weighted by molar-refractivity contribution is -0.136. The molecule has 6 heteroatoms. The molecule has 1 aromatic rings. The first-order valence-electron chi connectivity index (χ1n) is 4.21. The zero-order chi connectivity index (χ0) is 11.5. The summed E-state index contributed by atoms with van der Waals surface area (Å²) in [6.45, 7) is 0. The maximum atomic E-state index is 11.7. The van der Waals surface area contributed by atoms with Gasteiger partial charge < -0.3 is 10.00 Å². The monoisotopic (exact) mass is 248 g/mol. The molecule has 0 aliphatic heterocycles. The zero-order valence-electron chi connectivity index (χ0n) is 7.76. The second kappa shape index (κ2) is 4.79. The van der Waals surface area contributed by atoms with E-state index in [1.807, 2.05) is 0 Å². The van der Waals surface area contributed by atoms with Crippen molar-refractivity contribution in [3.63, 3.8) is 0 Å². The molecule has 0 aliphatic rings. The highest BCUT2D eigenvalue weighted by Gasteiger charge is 2.21. The molecule has 0 fully saturated rings. The van der Waals surface area contributed by atoms with E-state index >= 15 is 0 Å². The van der Waals surface area contributed by atoms with Gasteiger partial charge in [-0.1, -0.05) is 11.6 Å². The van der Waals surface area contributed by atoms with Crippen molar-refractivity contribution in [3.8, 4) is 0 Å². The van der Waals surface area contributed by atoms with Crippen molar-refractivity contribution in [3.05, 3.63) is 29.3 Å². The summed E-state index contributed by atoms with van der Waals surface area (Å²) in [7, 11) is -3.56. The van der Waals surface area contributed by atoms with Crippen molar-refractivity contribution in [2.24, 2.45) is 0 Å². The van der Waals surface area contributed by atoms with Crippen molar-refractivity contribution in [1.82, 2.24) is 0 Å². The van der Waals surface area contributed by atoms with Crippen LogP contribution in [0.1, 0.15) is 6.42 Å². The number of hydrogen-bond acceptors (Lipinski definition) is 2. The summed E-state index contributed by atoms with van der Waals surface area (Å²) in [4.78, 5) is 19.9. The topological polar surface area (TPSA) is 74.6 Å². The quantitative estimate of drug-likeness (QED) is 0.796. The van der Waals surface area contributed by atoms with Crippen LogP contribution in [0.3, 0.4) is 0 Å². The molecule has 0 spiro atoms. The Morgan fingerprint density at radius 3 is 2.33 bits per heavy atom. The fourth-order valence-corrected chi connectivity index (χ4v) is 2.54. The van der Waals surface area contributed by atoms with Crippen LogP contribution in [-0.4, -0.2) is 22.1 Å². The van der Waals surface area contributed by atoms with Gasteiger partial charge in [-0.2, -0.15) is 0 Å². The average Bonchev–Trinajstić information content (AvgIpc) is 2.16. The third-order valence-electron chi connectivity index (χ3n) is 1.86. The molecule has 0 saturated carbocycles. The summed E-state index contributed by atoms with van der Waals surface area (Å²) in [5, 5.41) is 9.11. The van der Waals surface area contributed by atoms with Crippen LogP contribution in [0.25, 0.3) is 0 Å². The van der Waals surface area contributed by atoms with E-state index in [2.05, 4.69) is 0 Å². The normalized spacial score (nSPS) is 14.5. The van der Waals surface area contributed by atoms with Crippen LogP contribution in [0.5, 0.6) is 0 Å². The number of rotatable bonds is 4. The molecule has 4 nitrogen and oxygen atoms in total. The molecule has 0 amide bonds. The van der Waals surface area contributed by atoms with Crippen molar-refractivity contribution < 1.29 is 19.4 Å². The van der Waals surface area contributed by atoms with Gasteiger partial charge in [0, 0.05) is 16.5 Å². The summed E-state index contributed by atoms with van der Waals surface area (Å²) in [5.74, 6) is -1.08. The van der Waals surface area contributed by atoms with E-state index in [-0.39, 0.29) is 17.9 Å². The van der Waals surface area contributed by atoms with Gasteiger partial charge in [-0.3, -0.25) is 9.36 Å². The number of aliphatic carboxylic acids is 1. The number of benzene rings is 1. The SMILES string of the molecule is O=C(O)CCP(=O)(O)c1ccc(Cl)cc1. The Bertz CT molecular complexity index is 401. The Labute approximate surface area is 92.0 Å². The van der Waals surface area contributed by atoms with Crippen LogP contribution < -0.4 is 5.30 Å². The average molecular weight is 249 g/mol. The molecule has 0 heterocycles. The van der Waals surface area contributed by atoms with Gasteiger partial charge in [0.2, 0.25) is 7.37 Å². The Morgan fingerprint density at radius 1 is 1.33 bits per heavy atom. The van der Waals surface area contributed by atoms with E-state index in [0.717, 1.165) is 0 Å². The summed E-state index contributed by atoms with van der Waals surface area (Å²) in [6, 6.07) is 5.87. The molecule has 0 radical (unpaired) electrons. The fraction of sp³-hybridized carbons (Fsp3) is 0.222. The maximum Gasteiger partial charge on any atom is 0.303 e. The molecule has 1 rings (SSSR count). The second-order valence-corrected chi connectivity index (χ2v) is 5.85. The third kappa shape index (κ3) is 3.67. The van der Waals surface area contributed by atoms with Crippen LogP contribution in [0.4, 0.5) is 0 Å². The molecule has 0 bridgehead atoms. The molecule has 82 valence electrons. The molecule has 0 aliphatic carbocycles. The minimum Gasteiger partial charge on any atom is -0.481 e. The van der Waals surface area contributed by atoms with Crippen LogP contribution in [0.2, 0.25) is 5.02 Å². The Hall–Kier alpha value is -0.830. The van der Waals surface area contributed by atoms with E-state index in [1.165, 1.54) is 24.3 Å². The summed E-state index contributed by atoms with van der Waals surface area (Å²) >= 11 is 5.62. The van der Waals surface area contributed by atoms with Crippen LogP contribution >= 0.6 is 19.0 Å². The predicted octanol–water partition coefficient (Wildman–Crippen LogP) is 1.71. The first-order chi connectivity index (χ1) is 6.92. The number of hydrogen-bond donors (Lipinski definition) is 2. The fourth-order valence-electron chi connectivity index (χ4n) is 1.05. The molecular formula is C9H10ClO4P. The van der Waals surface area contributed by atoms with E-state index in [9.17, 15) is 14.3 Å². The van der Waals surface area contributed by atoms with Gasteiger partial charge in [-0.25, -0.2) is 0 Å². The van der Waals surface area contributed by atoms with E-state index < -0.39 is 13.3 Å². The lowest BCUT2D eigenvalue weighted by Crippen LogP contribution is -2.09. The number of carboxylic acid groups (broad SMARTS) is 1. The molecular weight excluding hydrogens is 239 g/mol. The summed E-state index contributed by atoms with van der Waals surface area (Å²) in [5.41, 5.74) is 0. The minimum absolute atomic E-state index is 0.230. The summed E-state index contributed by atoms with van der Waals surface area (Å²) < 4.78 is 11.7. The molecule has 0 aromatic heterocycles. The smallest absolute Gasteiger partial charge is 0.303 e. The van der Waals surface area contributed by atoms with E-state index in [0.29, 0.717) is 5.02 Å². The van der Waals surface area contributed by atoms with Crippen LogP contribution in [0, 0.1) is 0 Å². The minimum atomic E-state index is -3.56. The largest absolute Gasteiger partial charge is 0.481 e. The van der Waals surface area contributed by atoms with E-state index in [4.69, 9.17) is 16.7 Å². The first-order valence-corrected chi connectivity index (χ1v) is 6.44. The van der Waals surface area contributed by atoms with Gasteiger partial charge in [-0.15, -0.1) is 0 Å². The standard InChI is InChI=1S/C9H10ClO4P/c10-7-1-3-8(4-2-7)15(13,14)6-5-9(11)12/h1-4H,5-6H2,(H,11,12)(H,13,14). The van der Waals surface area contributed by atoms with E-state index in [1.54, 1.807) is 0 Å². The lowest BCUT2D eigenvalue weighted by atomic mass is 10.4. The Morgan fingerprint density at radius 2 is 1.87 bits per heavy atom. The third-order valence-corrected chi connectivity index (χ3v) is 4.05. The number of halogens is 1. The van der Waals surface area contributed by atoms with Crippen molar-refractivity contribution in [2.75, 3.05) is 6.16 Å². The number of carboxylic acids is 1. The molecule has 2 N–H and O–H groups in total. The van der Waals surface area contributed by atoms with Gasteiger partial charge in [-0.05, 0) is 24.3 Å². The van der Waals surface area contributed by atoms with Gasteiger partial charge in [0.15, 0.2) is 0 Å². The highest BCUT2D eigenvalue weighted by atomic mass is 35.5. The molecule has 1 unspecified atom stereocenters. The van der Waals surface area contributed by atoms with Crippen molar-refractivity contribution in [1.29, 1.82) is 0 Å². The van der Waals surface area contributed by atoms with Gasteiger partial charge in [0.25, 0.3) is 0 Å². The van der Waals surface area contributed by atoms with Gasteiger partial charge in [0.1, 0.15) is 0 Å². The lowest BCUT2D eigenvalue weighted by Gasteiger charge is -2.10. The van der Waals surface area contributed by atoms with Crippen molar-refractivity contribution in [2.45, 2.75) is 6.42 Å². The highest BCUT2D eigenvalue weighted by Crippen LogP contribution is 2.39.